The lowest BCUT2D eigenvalue weighted by Gasteiger charge is -2.15. The first-order valence-electron chi connectivity index (χ1n) is 7.06. The van der Waals surface area contributed by atoms with Gasteiger partial charge < -0.3 is 4.90 Å². The van der Waals surface area contributed by atoms with Crippen molar-refractivity contribution < 1.29 is 13.2 Å². The largest absolute Gasteiger partial charge is 0.312 e. The molecule has 0 bridgehead atoms. The molecule has 1 heterocycles. The topological polar surface area (TPSA) is 66.5 Å². The molecule has 120 valence electrons. The fourth-order valence-electron chi connectivity index (χ4n) is 2.62. The van der Waals surface area contributed by atoms with Gasteiger partial charge in [0.2, 0.25) is 5.91 Å². The van der Waals surface area contributed by atoms with Crippen LogP contribution in [0, 0.1) is 0 Å². The molecule has 23 heavy (non-hydrogen) atoms. The van der Waals surface area contributed by atoms with Crippen LogP contribution in [0.5, 0.6) is 0 Å². The first-order valence-corrected chi connectivity index (χ1v) is 9.34. The van der Waals surface area contributed by atoms with E-state index in [1.807, 2.05) is 0 Å². The van der Waals surface area contributed by atoms with Gasteiger partial charge in [-0.05, 0) is 54.4 Å². The van der Waals surface area contributed by atoms with Crippen LogP contribution < -0.4 is 9.62 Å². The van der Waals surface area contributed by atoms with E-state index in [4.69, 9.17) is 0 Å². The molecule has 1 amide bonds. The van der Waals surface area contributed by atoms with Gasteiger partial charge in [0.25, 0.3) is 10.0 Å². The van der Waals surface area contributed by atoms with E-state index in [2.05, 4.69) is 20.7 Å². The Morgan fingerprint density at radius 1 is 1.17 bits per heavy atom. The van der Waals surface area contributed by atoms with Gasteiger partial charge >= 0.3 is 0 Å². The average Bonchev–Trinajstić information content (AvgIpc) is 2.90. The van der Waals surface area contributed by atoms with Crippen molar-refractivity contribution in [1.82, 2.24) is 0 Å². The number of anilines is 2. The van der Waals surface area contributed by atoms with Gasteiger partial charge in [-0.15, -0.1) is 0 Å². The Balaban J connectivity index is 1.87. The van der Waals surface area contributed by atoms with Gasteiger partial charge in [0.1, 0.15) is 0 Å². The third kappa shape index (κ3) is 3.25. The lowest BCUT2D eigenvalue weighted by Crippen LogP contribution is -2.25. The maximum Gasteiger partial charge on any atom is 0.261 e. The third-order valence-corrected chi connectivity index (χ3v) is 5.66. The third-order valence-electron chi connectivity index (χ3n) is 3.73. The van der Waals surface area contributed by atoms with Gasteiger partial charge in [-0.3, -0.25) is 9.52 Å². The number of nitrogens with zero attached hydrogens (tertiary/aromatic N) is 1. The lowest BCUT2D eigenvalue weighted by molar-refractivity contribution is -0.116. The molecule has 0 spiro atoms. The zero-order chi connectivity index (χ0) is 16.6. The Morgan fingerprint density at radius 3 is 2.52 bits per heavy atom. The number of sulfonamides is 1. The number of hydrogen-bond donors (Lipinski definition) is 1. The molecule has 0 unspecified atom stereocenters. The maximum absolute atomic E-state index is 12.4. The fourth-order valence-corrected chi connectivity index (χ4v) is 3.93. The first-order chi connectivity index (χ1) is 10.9. The number of nitrogens with one attached hydrogen (secondary N) is 1. The second-order valence-corrected chi connectivity index (χ2v) is 7.92. The summed E-state index contributed by atoms with van der Waals surface area (Å²) in [4.78, 5) is 13.4. The standard InChI is InChI=1S/C16H15BrN2O3S/c1-11(20)19-9-8-12-10-14(4-7-16(12)19)18-23(21,22)15-5-2-13(17)3-6-15/h2-7,10,18H,8-9H2,1H3. The number of fused-ring (bicyclic) bond motifs is 1. The zero-order valence-corrected chi connectivity index (χ0v) is 14.8. The van der Waals surface area contributed by atoms with Gasteiger partial charge in [0, 0.05) is 29.3 Å². The number of hydrogen-bond acceptors (Lipinski definition) is 3. The predicted molar refractivity (Wildman–Crippen MR) is 93.1 cm³/mol. The van der Waals surface area contributed by atoms with Crippen molar-refractivity contribution in [3.63, 3.8) is 0 Å². The smallest absolute Gasteiger partial charge is 0.261 e. The average molecular weight is 395 g/mol. The van der Waals surface area contributed by atoms with Gasteiger partial charge in [-0.25, -0.2) is 8.42 Å². The van der Waals surface area contributed by atoms with Crippen LogP contribution in [0.25, 0.3) is 0 Å². The zero-order valence-electron chi connectivity index (χ0n) is 12.4. The summed E-state index contributed by atoms with van der Waals surface area (Å²) in [5.41, 5.74) is 2.32. The highest BCUT2D eigenvalue weighted by Crippen LogP contribution is 2.31. The molecule has 7 heteroatoms. The highest BCUT2D eigenvalue weighted by Gasteiger charge is 2.23. The van der Waals surface area contributed by atoms with Crippen molar-refractivity contribution in [2.24, 2.45) is 0 Å². The summed E-state index contributed by atoms with van der Waals surface area (Å²) in [5.74, 6) is -0.00746. The van der Waals surface area contributed by atoms with Crippen LogP contribution in [0.1, 0.15) is 12.5 Å². The molecule has 1 aliphatic rings. The Labute approximate surface area is 143 Å². The van der Waals surface area contributed by atoms with E-state index in [9.17, 15) is 13.2 Å². The Morgan fingerprint density at radius 2 is 1.87 bits per heavy atom. The number of carbonyl (C=O) groups excluding carboxylic acids is 1. The van der Waals surface area contributed by atoms with Crippen molar-refractivity contribution in [3.05, 3.63) is 52.5 Å². The van der Waals surface area contributed by atoms with Crippen LogP contribution in [-0.4, -0.2) is 20.9 Å². The SMILES string of the molecule is CC(=O)N1CCc2cc(NS(=O)(=O)c3ccc(Br)cc3)ccc21. The molecule has 1 aliphatic heterocycles. The molecule has 1 N–H and O–H groups in total. The second kappa shape index (κ2) is 5.98. The Hall–Kier alpha value is -1.86. The van der Waals surface area contributed by atoms with Gasteiger partial charge in [0.05, 0.1) is 4.90 Å². The number of amides is 1. The summed E-state index contributed by atoms with van der Waals surface area (Å²) in [7, 11) is -3.63. The minimum Gasteiger partial charge on any atom is -0.312 e. The van der Waals surface area contributed by atoms with Gasteiger partial charge in [-0.2, -0.15) is 0 Å². The van der Waals surface area contributed by atoms with E-state index in [0.29, 0.717) is 12.2 Å². The normalized spacial score (nSPS) is 13.7. The summed E-state index contributed by atoms with van der Waals surface area (Å²) >= 11 is 3.28. The van der Waals surface area contributed by atoms with E-state index >= 15 is 0 Å². The lowest BCUT2D eigenvalue weighted by atomic mass is 10.1. The van der Waals surface area contributed by atoms with E-state index in [1.165, 1.54) is 19.1 Å². The second-order valence-electron chi connectivity index (χ2n) is 5.32. The summed E-state index contributed by atoms with van der Waals surface area (Å²) in [5, 5.41) is 0. The molecular formula is C16H15BrN2O3S. The molecule has 0 fully saturated rings. The summed E-state index contributed by atoms with van der Waals surface area (Å²) in [6, 6.07) is 11.7. The van der Waals surface area contributed by atoms with Crippen molar-refractivity contribution >= 4 is 43.2 Å². The molecule has 5 nitrogen and oxygen atoms in total. The molecule has 0 saturated carbocycles. The Kier molecular flexibility index (Phi) is 4.16. The fraction of sp³-hybridized carbons (Fsp3) is 0.188. The molecule has 0 atom stereocenters. The van der Waals surface area contributed by atoms with Gasteiger partial charge in [-0.1, -0.05) is 15.9 Å². The van der Waals surface area contributed by atoms with Crippen molar-refractivity contribution in [2.75, 3.05) is 16.2 Å². The number of halogens is 1. The van der Waals surface area contributed by atoms with Crippen molar-refractivity contribution in [2.45, 2.75) is 18.2 Å². The van der Waals surface area contributed by atoms with E-state index in [1.54, 1.807) is 35.2 Å². The van der Waals surface area contributed by atoms with Crippen LogP contribution >= 0.6 is 15.9 Å². The molecular weight excluding hydrogens is 380 g/mol. The monoisotopic (exact) mass is 394 g/mol. The molecule has 0 aliphatic carbocycles. The molecule has 2 aromatic carbocycles. The summed E-state index contributed by atoms with van der Waals surface area (Å²) < 4.78 is 28.2. The Bertz CT molecular complexity index is 863. The van der Waals surface area contributed by atoms with Crippen LogP contribution in [0.3, 0.4) is 0 Å². The number of carbonyl (C=O) groups is 1. The van der Waals surface area contributed by atoms with Crippen molar-refractivity contribution in [1.29, 1.82) is 0 Å². The van der Waals surface area contributed by atoms with E-state index < -0.39 is 10.0 Å². The minimum atomic E-state index is -3.63. The highest BCUT2D eigenvalue weighted by molar-refractivity contribution is 9.10. The van der Waals surface area contributed by atoms with Crippen LogP contribution in [-0.2, 0) is 21.2 Å². The molecule has 0 radical (unpaired) electrons. The summed E-state index contributed by atoms with van der Waals surface area (Å²) in [6.07, 6.45) is 0.725. The van der Waals surface area contributed by atoms with Crippen LogP contribution in [0.2, 0.25) is 0 Å². The summed E-state index contributed by atoms with van der Waals surface area (Å²) in [6.45, 7) is 2.16. The quantitative estimate of drug-likeness (QED) is 0.868. The molecule has 0 saturated heterocycles. The number of benzene rings is 2. The number of rotatable bonds is 3. The first kappa shape index (κ1) is 16.0. The van der Waals surface area contributed by atoms with Crippen LogP contribution in [0.15, 0.2) is 51.8 Å². The van der Waals surface area contributed by atoms with E-state index in [-0.39, 0.29) is 10.8 Å². The molecule has 0 aromatic heterocycles. The van der Waals surface area contributed by atoms with Gasteiger partial charge in [0.15, 0.2) is 0 Å². The molecule has 2 aromatic rings. The minimum absolute atomic E-state index is 0.00746. The maximum atomic E-state index is 12.4. The van der Waals surface area contributed by atoms with Crippen LogP contribution in [0.4, 0.5) is 11.4 Å². The van der Waals surface area contributed by atoms with Crippen molar-refractivity contribution in [3.8, 4) is 0 Å². The predicted octanol–water partition coefficient (Wildman–Crippen LogP) is 3.16. The highest BCUT2D eigenvalue weighted by atomic mass is 79.9. The van der Waals surface area contributed by atoms with E-state index in [0.717, 1.165) is 22.1 Å². The molecule has 3 rings (SSSR count).